The van der Waals surface area contributed by atoms with Crippen molar-refractivity contribution < 1.29 is 0 Å². The lowest BCUT2D eigenvalue weighted by Crippen LogP contribution is -2.24. The van der Waals surface area contributed by atoms with Crippen molar-refractivity contribution in [2.24, 2.45) is 11.8 Å². The van der Waals surface area contributed by atoms with Gasteiger partial charge < -0.3 is 0 Å². The van der Waals surface area contributed by atoms with Crippen LogP contribution < -0.4 is 0 Å². The molecule has 0 aliphatic heterocycles. The molecule has 0 radical (unpaired) electrons. The lowest BCUT2D eigenvalue weighted by molar-refractivity contribution is 0.372. The first-order valence-corrected chi connectivity index (χ1v) is 11.0. The molecule has 0 unspecified atom stereocenters. The molecule has 0 amide bonds. The van der Waals surface area contributed by atoms with Gasteiger partial charge in [-0.3, -0.25) is 0 Å². The Hall–Kier alpha value is -1.58. The second-order valence-corrected chi connectivity index (χ2v) is 9.77. The molecule has 0 spiro atoms. The Morgan fingerprint density at radius 1 is 0.778 bits per heavy atom. The van der Waals surface area contributed by atoms with E-state index in [0.29, 0.717) is 35.5 Å². The van der Waals surface area contributed by atoms with E-state index < -0.39 is 0 Å². The van der Waals surface area contributed by atoms with Gasteiger partial charge in [-0.2, -0.15) is 10.2 Å². The summed E-state index contributed by atoms with van der Waals surface area (Å²) in [5, 5.41) is 9.68. The van der Waals surface area contributed by atoms with Gasteiger partial charge in [-0.25, -0.2) is 9.36 Å². The van der Waals surface area contributed by atoms with Crippen LogP contribution in [0.1, 0.15) is 113 Å². The van der Waals surface area contributed by atoms with Crippen LogP contribution in [0.15, 0.2) is 12.4 Å². The Labute approximate surface area is 164 Å². The molecule has 4 heteroatoms. The molecule has 0 N–H and O–H groups in total. The van der Waals surface area contributed by atoms with Crippen LogP contribution in [0.5, 0.6) is 0 Å². The highest BCUT2D eigenvalue weighted by atomic mass is 15.4. The number of hydrogen-bond donors (Lipinski definition) is 0. The van der Waals surface area contributed by atoms with Crippen LogP contribution >= 0.6 is 0 Å². The minimum Gasteiger partial charge on any atom is -0.247 e. The quantitative estimate of drug-likeness (QED) is 0.677. The highest BCUT2D eigenvalue weighted by Crippen LogP contribution is 2.44. The molecular weight excluding hydrogens is 332 g/mol. The number of rotatable bonds is 4. The average molecular weight is 369 g/mol. The predicted molar refractivity (Wildman–Crippen MR) is 110 cm³/mol. The molecule has 4 nitrogen and oxygen atoms in total. The summed E-state index contributed by atoms with van der Waals surface area (Å²) in [4.78, 5) is 0. The van der Waals surface area contributed by atoms with Crippen LogP contribution in [0.4, 0.5) is 0 Å². The van der Waals surface area contributed by atoms with Gasteiger partial charge in [0.2, 0.25) is 0 Å². The summed E-state index contributed by atoms with van der Waals surface area (Å²) in [6, 6.07) is 0. The largest absolute Gasteiger partial charge is 0.247 e. The zero-order valence-corrected chi connectivity index (χ0v) is 17.9. The summed E-state index contributed by atoms with van der Waals surface area (Å²) in [6.45, 7) is 14.9. The van der Waals surface area contributed by atoms with E-state index in [1.807, 2.05) is 0 Å². The topological polar surface area (TPSA) is 35.6 Å². The molecule has 2 aromatic rings. The molecule has 0 saturated heterocycles. The molecule has 0 saturated carbocycles. The van der Waals surface area contributed by atoms with Gasteiger partial charge in [-0.1, -0.05) is 41.5 Å². The van der Waals surface area contributed by atoms with Crippen LogP contribution in [0.3, 0.4) is 0 Å². The molecule has 0 fully saturated rings. The van der Waals surface area contributed by atoms with E-state index in [1.54, 1.807) is 0 Å². The minimum absolute atomic E-state index is 0.588. The second kappa shape index (κ2) is 7.10. The van der Waals surface area contributed by atoms with Crippen molar-refractivity contribution in [3.05, 3.63) is 34.9 Å². The molecule has 2 aliphatic rings. The fourth-order valence-electron chi connectivity index (χ4n) is 5.65. The normalized spacial score (nSPS) is 27.9. The third-order valence-corrected chi connectivity index (χ3v) is 7.25. The Morgan fingerprint density at radius 2 is 1.19 bits per heavy atom. The number of fused-ring (bicyclic) bond motifs is 2. The van der Waals surface area contributed by atoms with Crippen LogP contribution in [-0.4, -0.2) is 19.6 Å². The number of aromatic nitrogens is 4. The van der Waals surface area contributed by atoms with Crippen molar-refractivity contribution in [1.82, 2.24) is 19.6 Å². The van der Waals surface area contributed by atoms with E-state index in [2.05, 4.69) is 63.3 Å². The van der Waals surface area contributed by atoms with Crippen molar-refractivity contribution in [2.45, 2.75) is 97.6 Å². The zero-order chi connectivity index (χ0) is 19.3. The van der Waals surface area contributed by atoms with Gasteiger partial charge in [0.15, 0.2) is 0 Å². The van der Waals surface area contributed by atoms with Gasteiger partial charge in [0.1, 0.15) is 6.67 Å². The maximum Gasteiger partial charge on any atom is 0.133 e. The van der Waals surface area contributed by atoms with E-state index in [1.165, 1.54) is 48.2 Å². The van der Waals surface area contributed by atoms with E-state index in [-0.39, 0.29) is 0 Å². The van der Waals surface area contributed by atoms with E-state index >= 15 is 0 Å². The molecule has 0 aromatic carbocycles. The first kappa shape index (κ1) is 18.8. The summed E-state index contributed by atoms with van der Waals surface area (Å²) >= 11 is 0. The van der Waals surface area contributed by atoms with Gasteiger partial charge in [0, 0.05) is 11.4 Å². The van der Waals surface area contributed by atoms with Crippen molar-refractivity contribution in [3.8, 4) is 0 Å². The van der Waals surface area contributed by atoms with Crippen molar-refractivity contribution in [2.75, 3.05) is 0 Å². The van der Waals surface area contributed by atoms with Crippen molar-refractivity contribution in [1.29, 1.82) is 0 Å². The molecular formula is C23H36N4. The van der Waals surface area contributed by atoms with Crippen LogP contribution in [0, 0.1) is 11.8 Å². The standard InChI is InChI=1S/C23H36N4/c1-14(2)18-9-7-16(5)22-20(18)11-24-26(22)13-27-23-17(6)8-10-19(15(3)4)21(23)12-25-27/h11-12,14-19H,7-10,13H2,1-6H3/t16-,17-,18-,19-/m0/s1. The molecule has 4 atom stereocenters. The van der Waals surface area contributed by atoms with Gasteiger partial charge in [-0.05, 0) is 72.3 Å². The summed E-state index contributed by atoms with van der Waals surface area (Å²) in [5.74, 6) is 3.84. The summed E-state index contributed by atoms with van der Waals surface area (Å²) in [7, 11) is 0. The molecule has 2 heterocycles. The lowest BCUT2D eigenvalue weighted by atomic mass is 9.76. The third-order valence-electron chi connectivity index (χ3n) is 7.25. The lowest BCUT2D eigenvalue weighted by Gasteiger charge is -2.31. The fraction of sp³-hybridized carbons (Fsp3) is 0.739. The molecule has 27 heavy (non-hydrogen) atoms. The molecule has 2 aliphatic carbocycles. The minimum atomic E-state index is 0.588. The van der Waals surface area contributed by atoms with E-state index in [0.717, 1.165) is 6.67 Å². The summed E-state index contributed by atoms with van der Waals surface area (Å²) in [6.07, 6.45) is 9.41. The summed E-state index contributed by atoms with van der Waals surface area (Å²) in [5.41, 5.74) is 5.87. The average Bonchev–Trinajstić information content (AvgIpc) is 3.21. The highest BCUT2D eigenvalue weighted by Gasteiger charge is 2.33. The monoisotopic (exact) mass is 368 g/mol. The summed E-state index contributed by atoms with van der Waals surface area (Å²) < 4.78 is 4.49. The van der Waals surface area contributed by atoms with Crippen molar-refractivity contribution in [3.63, 3.8) is 0 Å². The predicted octanol–water partition coefficient (Wildman–Crippen LogP) is 5.86. The maximum absolute atomic E-state index is 4.84. The van der Waals surface area contributed by atoms with E-state index in [9.17, 15) is 0 Å². The maximum atomic E-state index is 4.84. The molecule has 4 rings (SSSR count). The SMILES string of the molecule is CC(C)[C@@H]1CC[C@H](C)c2c1cnn2Cn1ncc2c1[C@@H](C)CC[C@H]2C(C)C. The Kier molecular flexibility index (Phi) is 4.94. The van der Waals surface area contributed by atoms with Crippen LogP contribution in [0.25, 0.3) is 0 Å². The molecule has 148 valence electrons. The van der Waals surface area contributed by atoms with Gasteiger partial charge >= 0.3 is 0 Å². The number of hydrogen-bond acceptors (Lipinski definition) is 2. The zero-order valence-electron chi connectivity index (χ0n) is 17.9. The van der Waals surface area contributed by atoms with Crippen molar-refractivity contribution >= 4 is 0 Å². The van der Waals surface area contributed by atoms with Gasteiger partial charge in [0.25, 0.3) is 0 Å². The van der Waals surface area contributed by atoms with Gasteiger partial charge in [-0.15, -0.1) is 0 Å². The fourth-order valence-corrected chi connectivity index (χ4v) is 5.65. The Morgan fingerprint density at radius 3 is 1.56 bits per heavy atom. The van der Waals surface area contributed by atoms with E-state index in [4.69, 9.17) is 10.2 Å². The van der Waals surface area contributed by atoms with Crippen LogP contribution in [-0.2, 0) is 6.67 Å². The first-order chi connectivity index (χ1) is 12.9. The third kappa shape index (κ3) is 3.15. The highest BCUT2D eigenvalue weighted by molar-refractivity contribution is 5.31. The molecule has 0 bridgehead atoms. The second-order valence-electron chi connectivity index (χ2n) is 9.77. The Bertz CT molecular complexity index is 731. The van der Waals surface area contributed by atoms with Gasteiger partial charge in [0.05, 0.1) is 12.4 Å². The first-order valence-electron chi connectivity index (χ1n) is 11.0. The number of nitrogens with zero attached hydrogens (tertiary/aromatic N) is 4. The van der Waals surface area contributed by atoms with Crippen LogP contribution in [0.2, 0.25) is 0 Å². The molecule has 2 aromatic heterocycles. The smallest absolute Gasteiger partial charge is 0.133 e. The Balaban J connectivity index is 1.69.